The number of H-pyrrole nitrogens is 1. The van der Waals surface area contributed by atoms with Crippen molar-refractivity contribution in [2.75, 3.05) is 33.2 Å². The van der Waals surface area contributed by atoms with Crippen molar-refractivity contribution in [3.05, 3.63) is 23.0 Å². The SMILES string of the molecule is Cc1c[nH]c(C)c1CCC(=O)N1CCN(C)CC1. The van der Waals surface area contributed by atoms with Gasteiger partial charge >= 0.3 is 0 Å². The molecule has 4 nitrogen and oxygen atoms in total. The van der Waals surface area contributed by atoms with Crippen LogP contribution in [-0.4, -0.2) is 53.9 Å². The molecular formula is C14H23N3O. The Morgan fingerprint density at radius 2 is 1.94 bits per heavy atom. The highest BCUT2D eigenvalue weighted by Crippen LogP contribution is 2.15. The smallest absolute Gasteiger partial charge is 0.222 e. The number of amides is 1. The normalized spacial score (nSPS) is 17.2. The van der Waals surface area contributed by atoms with E-state index < -0.39 is 0 Å². The average molecular weight is 249 g/mol. The number of hydrogen-bond acceptors (Lipinski definition) is 2. The van der Waals surface area contributed by atoms with Crippen LogP contribution in [0.3, 0.4) is 0 Å². The summed E-state index contributed by atoms with van der Waals surface area (Å²) in [5.41, 5.74) is 3.76. The quantitative estimate of drug-likeness (QED) is 0.878. The summed E-state index contributed by atoms with van der Waals surface area (Å²) >= 11 is 0. The highest BCUT2D eigenvalue weighted by molar-refractivity contribution is 5.76. The second kappa shape index (κ2) is 5.57. The molecule has 1 amide bonds. The molecular weight excluding hydrogens is 226 g/mol. The zero-order valence-electron chi connectivity index (χ0n) is 11.6. The molecule has 0 atom stereocenters. The first-order chi connectivity index (χ1) is 8.58. The van der Waals surface area contributed by atoms with Crippen molar-refractivity contribution in [3.8, 4) is 0 Å². The maximum Gasteiger partial charge on any atom is 0.222 e. The molecule has 0 radical (unpaired) electrons. The molecule has 2 rings (SSSR count). The number of likely N-dealkylation sites (N-methyl/N-ethyl adjacent to an activating group) is 1. The van der Waals surface area contributed by atoms with Gasteiger partial charge in [0.05, 0.1) is 0 Å². The van der Waals surface area contributed by atoms with E-state index in [1.165, 1.54) is 16.8 Å². The van der Waals surface area contributed by atoms with Crippen molar-refractivity contribution < 1.29 is 4.79 Å². The maximum atomic E-state index is 12.1. The van der Waals surface area contributed by atoms with E-state index in [1.54, 1.807) is 0 Å². The molecule has 0 bridgehead atoms. The van der Waals surface area contributed by atoms with E-state index in [-0.39, 0.29) is 0 Å². The van der Waals surface area contributed by atoms with E-state index in [4.69, 9.17) is 0 Å². The summed E-state index contributed by atoms with van der Waals surface area (Å²) in [6.07, 6.45) is 3.50. The topological polar surface area (TPSA) is 39.3 Å². The van der Waals surface area contributed by atoms with Crippen LogP contribution in [0.2, 0.25) is 0 Å². The minimum atomic E-state index is 0.295. The van der Waals surface area contributed by atoms with Crippen LogP contribution in [0, 0.1) is 13.8 Å². The molecule has 18 heavy (non-hydrogen) atoms. The van der Waals surface area contributed by atoms with Crippen LogP contribution in [0.4, 0.5) is 0 Å². The molecule has 1 aromatic rings. The minimum absolute atomic E-state index is 0.295. The Bertz CT molecular complexity index is 397. The molecule has 2 heterocycles. The van der Waals surface area contributed by atoms with E-state index in [1.807, 2.05) is 11.1 Å². The van der Waals surface area contributed by atoms with Gasteiger partial charge in [0.2, 0.25) is 5.91 Å². The molecule has 1 fully saturated rings. The van der Waals surface area contributed by atoms with Gasteiger partial charge in [0.1, 0.15) is 0 Å². The standard InChI is InChI=1S/C14H23N3O/c1-11-10-15-12(2)13(11)4-5-14(18)17-8-6-16(3)7-9-17/h10,15H,4-9H2,1-3H3. The molecule has 0 saturated carbocycles. The summed E-state index contributed by atoms with van der Waals surface area (Å²) in [7, 11) is 2.11. The number of piperazine rings is 1. The van der Waals surface area contributed by atoms with Gasteiger partial charge in [-0.3, -0.25) is 4.79 Å². The summed E-state index contributed by atoms with van der Waals surface area (Å²) in [5, 5.41) is 0. The second-order valence-electron chi connectivity index (χ2n) is 5.26. The lowest BCUT2D eigenvalue weighted by atomic mass is 10.1. The van der Waals surface area contributed by atoms with Gasteiger partial charge in [-0.05, 0) is 38.4 Å². The Hall–Kier alpha value is -1.29. The highest BCUT2D eigenvalue weighted by Gasteiger charge is 2.19. The van der Waals surface area contributed by atoms with E-state index in [9.17, 15) is 4.79 Å². The van der Waals surface area contributed by atoms with Crippen LogP contribution in [0.5, 0.6) is 0 Å². The summed E-state index contributed by atoms with van der Waals surface area (Å²) in [6.45, 7) is 7.91. The zero-order valence-corrected chi connectivity index (χ0v) is 11.6. The van der Waals surface area contributed by atoms with Crippen molar-refractivity contribution in [3.63, 3.8) is 0 Å². The number of aryl methyl sites for hydroxylation is 2. The van der Waals surface area contributed by atoms with Crippen LogP contribution in [0.1, 0.15) is 23.2 Å². The number of carbonyl (C=O) groups excluding carboxylic acids is 1. The number of aromatic amines is 1. The Balaban J connectivity index is 1.85. The van der Waals surface area contributed by atoms with Crippen molar-refractivity contribution in [1.82, 2.24) is 14.8 Å². The molecule has 0 aliphatic carbocycles. The van der Waals surface area contributed by atoms with Crippen LogP contribution < -0.4 is 0 Å². The summed E-state index contributed by atoms with van der Waals surface area (Å²) in [4.78, 5) is 19.6. The van der Waals surface area contributed by atoms with Crippen molar-refractivity contribution >= 4 is 5.91 Å². The van der Waals surface area contributed by atoms with Gasteiger partial charge in [-0.25, -0.2) is 0 Å². The summed E-state index contributed by atoms with van der Waals surface area (Å²) in [6, 6.07) is 0. The summed E-state index contributed by atoms with van der Waals surface area (Å²) in [5.74, 6) is 0.295. The molecule has 1 saturated heterocycles. The van der Waals surface area contributed by atoms with Gasteiger partial charge in [0, 0.05) is 44.5 Å². The van der Waals surface area contributed by atoms with Gasteiger partial charge in [-0.1, -0.05) is 0 Å². The first kappa shape index (κ1) is 13.1. The third kappa shape index (κ3) is 2.93. The van der Waals surface area contributed by atoms with Gasteiger partial charge in [0.15, 0.2) is 0 Å². The van der Waals surface area contributed by atoms with Crippen LogP contribution in [-0.2, 0) is 11.2 Å². The van der Waals surface area contributed by atoms with E-state index >= 15 is 0 Å². The molecule has 1 aromatic heterocycles. The van der Waals surface area contributed by atoms with Crippen molar-refractivity contribution in [1.29, 1.82) is 0 Å². The van der Waals surface area contributed by atoms with Gasteiger partial charge in [-0.2, -0.15) is 0 Å². The van der Waals surface area contributed by atoms with Crippen LogP contribution in [0.25, 0.3) is 0 Å². The van der Waals surface area contributed by atoms with Crippen LogP contribution in [0.15, 0.2) is 6.20 Å². The number of hydrogen-bond donors (Lipinski definition) is 1. The minimum Gasteiger partial charge on any atom is -0.365 e. The Morgan fingerprint density at radius 3 is 2.50 bits per heavy atom. The lowest BCUT2D eigenvalue weighted by Crippen LogP contribution is -2.47. The highest BCUT2D eigenvalue weighted by atomic mass is 16.2. The molecule has 0 aromatic carbocycles. The van der Waals surface area contributed by atoms with E-state index in [0.717, 1.165) is 32.6 Å². The first-order valence-corrected chi connectivity index (χ1v) is 6.67. The van der Waals surface area contributed by atoms with Gasteiger partial charge < -0.3 is 14.8 Å². The van der Waals surface area contributed by atoms with Gasteiger partial charge in [-0.15, -0.1) is 0 Å². The fraction of sp³-hybridized carbons (Fsp3) is 0.643. The predicted molar refractivity (Wildman–Crippen MR) is 72.7 cm³/mol. The lowest BCUT2D eigenvalue weighted by molar-refractivity contribution is -0.132. The van der Waals surface area contributed by atoms with Crippen LogP contribution >= 0.6 is 0 Å². The summed E-state index contributed by atoms with van der Waals surface area (Å²) < 4.78 is 0. The fourth-order valence-corrected chi connectivity index (χ4v) is 2.52. The molecule has 4 heteroatoms. The number of nitrogens with one attached hydrogen (secondary N) is 1. The fourth-order valence-electron chi connectivity index (χ4n) is 2.52. The van der Waals surface area contributed by atoms with E-state index in [0.29, 0.717) is 12.3 Å². The maximum absolute atomic E-state index is 12.1. The number of nitrogens with zero attached hydrogens (tertiary/aromatic N) is 2. The molecule has 1 aliphatic heterocycles. The molecule has 100 valence electrons. The molecule has 1 aliphatic rings. The number of carbonyl (C=O) groups is 1. The third-order valence-electron chi connectivity index (χ3n) is 3.88. The molecule has 0 unspecified atom stereocenters. The van der Waals surface area contributed by atoms with Crippen molar-refractivity contribution in [2.45, 2.75) is 26.7 Å². The first-order valence-electron chi connectivity index (χ1n) is 6.67. The third-order valence-corrected chi connectivity index (χ3v) is 3.88. The predicted octanol–water partition coefficient (Wildman–Crippen LogP) is 1.34. The zero-order chi connectivity index (χ0) is 13.1. The van der Waals surface area contributed by atoms with Gasteiger partial charge in [0.25, 0.3) is 0 Å². The van der Waals surface area contributed by atoms with Crippen molar-refractivity contribution in [2.24, 2.45) is 0 Å². The molecule has 1 N–H and O–H groups in total. The largest absolute Gasteiger partial charge is 0.365 e. The Labute approximate surface area is 109 Å². The number of rotatable bonds is 3. The number of aromatic nitrogens is 1. The average Bonchev–Trinajstić information content (AvgIpc) is 2.67. The molecule has 0 spiro atoms. The Morgan fingerprint density at radius 1 is 1.28 bits per heavy atom. The van der Waals surface area contributed by atoms with E-state index in [2.05, 4.69) is 30.8 Å². The second-order valence-corrected chi connectivity index (χ2v) is 5.26. The Kier molecular flexibility index (Phi) is 4.07. The monoisotopic (exact) mass is 249 g/mol. The lowest BCUT2D eigenvalue weighted by Gasteiger charge is -2.32.